The first-order valence-corrected chi connectivity index (χ1v) is 10.00. The fourth-order valence-electron chi connectivity index (χ4n) is 2.70. The molecule has 0 aliphatic heterocycles. The smallest absolute Gasteiger partial charge is 0.255 e. The van der Waals surface area contributed by atoms with Crippen LogP contribution in [0.1, 0.15) is 27.4 Å². The number of amides is 1. The lowest BCUT2D eigenvalue weighted by molar-refractivity contribution is 0.102. The minimum Gasteiger partial charge on any atom is -0.441 e. The molecule has 8 heteroatoms. The zero-order chi connectivity index (χ0) is 20.2. The van der Waals surface area contributed by atoms with Gasteiger partial charge in [0.2, 0.25) is 5.89 Å². The Morgan fingerprint density at radius 2 is 2.00 bits per heavy atom. The quantitative estimate of drug-likeness (QED) is 0.454. The van der Waals surface area contributed by atoms with Gasteiger partial charge in [-0.05, 0) is 49.7 Å². The van der Waals surface area contributed by atoms with Crippen molar-refractivity contribution >= 4 is 23.4 Å². The third-order valence-electron chi connectivity index (χ3n) is 4.38. The Bertz CT molecular complexity index is 1100. The summed E-state index contributed by atoms with van der Waals surface area (Å²) in [6, 6.07) is 15.0. The molecule has 1 amide bonds. The Balaban J connectivity index is 1.42. The van der Waals surface area contributed by atoms with Crippen molar-refractivity contribution in [2.24, 2.45) is 0 Å². The summed E-state index contributed by atoms with van der Waals surface area (Å²) < 4.78 is 5.67. The van der Waals surface area contributed by atoms with Gasteiger partial charge in [-0.3, -0.25) is 9.89 Å². The molecule has 0 atom stereocenters. The van der Waals surface area contributed by atoms with Gasteiger partial charge < -0.3 is 9.73 Å². The molecule has 0 unspecified atom stereocenters. The number of oxazole rings is 1. The van der Waals surface area contributed by atoms with Gasteiger partial charge in [0.15, 0.2) is 5.16 Å². The Morgan fingerprint density at radius 3 is 2.69 bits per heavy atom. The summed E-state index contributed by atoms with van der Waals surface area (Å²) in [6.07, 6.45) is 1.48. The van der Waals surface area contributed by atoms with Crippen LogP contribution in [0.4, 0.5) is 5.69 Å². The number of carbonyl (C=O) groups excluding carboxylic acids is 1. The minimum atomic E-state index is -0.170. The second-order valence-corrected chi connectivity index (χ2v) is 7.44. The van der Waals surface area contributed by atoms with Gasteiger partial charge in [-0.2, -0.15) is 5.10 Å². The van der Waals surface area contributed by atoms with Crippen LogP contribution in [0.3, 0.4) is 0 Å². The number of nitrogens with one attached hydrogen (secondary N) is 2. The third-order valence-corrected chi connectivity index (χ3v) is 5.33. The highest BCUT2D eigenvalue weighted by Gasteiger charge is 2.11. The fraction of sp³-hybridized carbons (Fsp3) is 0.143. The lowest BCUT2D eigenvalue weighted by Crippen LogP contribution is -2.11. The average Bonchev–Trinajstić information content (AvgIpc) is 3.37. The molecule has 29 heavy (non-hydrogen) atoms. The molecule has 2 heterocycles. The maximum atomic E-state index is 12.6. The summed E-state index contributed by atoms with van der Waals surface area (Å²) in [5, 5.41) is 10.3. The van der Waals surface area contributed by atoms with E-state index in [2.05, 4.69) is 25.5 Å². The number of aromatic nitrogens is 4. The van der Waals surface area contributed by atoms with Crippen molar-refractivity contribution < 1.29 is 9.21 Å². The second-order valence-electron chi connectivity index (χ2n) is 6.47. The Hall–Kier alpha value is -3.39. The second kappa shape index (κ2) is 8.32. The van der Waals surface area contributed by atoms with Crippen LogP contribution in [-0.4, -0.2) is 26.1 Å². The van der Waals surface area contributed by atoms with Crippen LogP contribution in [-0.2, 0) is 5.75 Å². The van der Waals surface area contributed by atoms with Gasteiger partial charge in [0.25, 0.3) is 5.91 Å². The van der Waals surface area contributed by atoms with E-state index in [1.165, 1.54) is 6.33 Å². The molecule has 0 radical (unpaired) electrons. The summed E-state index contributed by atoms with van der Waals surface area (Å²) in [6.45, 7) is 3.78. The van der Waals surface area contributed by atoms with Crippen molar-refractivity contribution in [2.75, 3.05) is 5.32 Å². The number of rotatable bonds is 6. The van der Waals surface area contributed by atoms with E-state index in [4.69, 9.17) is 4.42 Å². The molecule has 4 aromatic rings. The molecule has 0 fully saturated rings. The summed E-state index contributed by atoms with van der Waals surface area (Å²) >= 11 is 1.55. The molecule has 0 aliphatic carbocycles. The predicted octanol–water partition coefficient (Wildman–Crippen LogP) is 4.62. The molecular weight excluding hydrogens is 386 g/mol. The first-order valence-electron chi connectivity index (χ1n) is 9.01. The molecule has 4 rings (SSSR count). The molecule has 2 N–H and O–H groups in total. The minimum absolute atomic E-state index is 0.170. The highest BCUT2D eigenvalue weighted by molar-refractivity contribution is 7.98. The van der Waals surface area contributed by atoms with Crippen LogP contribution in [0.5, 0.6) is 0 Å². The van der Waals surface area contributed by atoms with Crippen LogP contribution >= 0.6 is 11.8 Å². The number of H-pyrrole nitrogens is 1. The van der Waals surface area contributed by atoms with Crippen molar-refractivity contribution in [3.8, 4) is 11.5 Å². The van der Waals surface area contributed by atoms with Crippen molar-refractivity contribution in [3.63, 3.8) is 0 Å². The molecule has 2 aromatic carbocycles. The normalized spacial score (nSPS) is 10.8. The van der Waals surface area contributed by atoms with Crippen LogP contribution < -0.4 is 5.32 Å². The first-order chi connectivity index (χ1) is 14.1. The molecule has 0 saturated carbocycles. The highest BCUT2D eigenvalue weighted by atomic mass is 32.2. The van der Waals surface area contributed by atoms with Crippen LogP contribution in [0.15, 0.2) is 64.4 Å². The van der Waals surface area contributed by atoms with E-state index in [1.807, 2.05) is 62.4 Å². The summed E-state index contributed by atoms with van der Waals surface area (Å²) in [5.41, 5.74) is 4.05. The van der Waals surface area contributed by atoms with E-state index >= 15 is 0 Å². The van der Waals surface area contributed by atoms with Gasteiger partial charge >= 0.3 is 0 Å². The van der Waals surface area contributed by atoms with E-state index in [9.17, 15) is 4.79 Å². The van der Waals surface area contributed by atoms with Crippen LogP contribution in [0.2, 0.25) is 0 Å². The lowest BCUT2D eigenvalue weighted by Gasteiger charge is -2.07. The number of thioether (sulfide) groups is 1. The van der Waals surface area contributed by atoms with Crippen LogP contribution in [0, 0.1) is 13.8 Å². The number of anilines is 1. The summed E-state index contributed by atoms with van der Waals surface area (Å²) in [7, 11) is 0. The van der Waals surface area contributed by atoms with Gasteiger partial charge in [0.05, 0.1) is 5.69 Å². The van der Waals surface area contributed by atoms with E-state index in [1.54, 1.807) is 11.8 Å². The molecule has 146 valence electrons. The fourth-order valence-corrected chi connectivity index (χ4v) is 3.43. The number of nitrogens with zero attached hydrogens (tertiary/aromatic N) is 3. The van der Waals surface area contributed by atoms with Crippen molar-refractivity contribution in [1.82, 2.24) is 20.2 Å². The van der Waals surface area contributed by atoms with Gasteiger partial charge in [-0.25, -0.2) is 9.97 Å². The molecule has 2 aromatic heterocycles. The number of aromatic amines is 1. The molecular formula is C21H19N5O2S. The van der Waals surface area contributed by atoms with E-state index in [-0.39, 0.29) is 5.91 Å². The van der Waals surface area contributed by atoms with Crippen molar-refractivity contribution in [3.05, 3.63) is 77.4 Å². The van der Waals surface area contributed by atoms with Gasteiger partial charge in [0.1, 0.15) is 12.1 Å². The van der Waals surface area contributed by atoms with Crippen molar-refractivity contribution in [2.45, 2.75) is 24.8 Å². The Labute approximate surface area is 172 Å². The van der Waals surface area contributed by atoms with Gasteiger partial charge in [0, 0.05) is 22.6 Å². The monoisotopic (exact) mass is 405 g/mol. The Kier molecular flexibility index (Phi) is 5.44. The molecule has 0 spiro atoms. The lowest BCUT2D eigenvalue weighted by atomic mass is 10.1. The SMILES string of the molecule is Cc1nc(-c2cccc(NC(=O)c3ccc(CSc4ncn[nH]4)cc3)c2)oc1C. The number of hydrogen-bond donors (Lipinski definition) is 2. The zero-order valence-electron chi connectivity index (χ0n) is 16.0. The third kappa shape index (κ3) is 4.55. The molecule has 0 bridgehead atoms. The number of benzene rings is 2. The molecule has 0 aliphatic rings. The largest absolute Gasteiger partial charge is 0.441 e. The zero-order valence-corrected chi connectivity index (χ0v) is 16.8. The van der Waals surface area contributed by atoms with Crippen LogP contribution in [0.25, 0.3) is 11.5 Å². The van der Waals surface area contributed by atoms with Crippen molar-refractivity contribution in [1.29, 1.82) is 0 Å². The number of hydrogen-bond acceptors (Lipinski definition) is 6. The van der Waals surface area contributed by atoms with E-state index < -0.39 is 0 Å². The van der Waals surface area contributed by atoms with E-state index in [0.717, 1.165) is 33.5 Å². The maximum absolute atomic E-state index is 12.6. The first kappa shape index (κ1) is 18.9. The van der Waals surface area contributed by atoms with Gasteiger partial charge in [-0.15, -0.1) is 0 Å². The number of aryl methyl sites for hydroxylation is 2. The van der Waals surface area contributed by atoms with Gasteiger partial charge in [-0.1, -0.05) is 30.0 Å². The highest BCUT2D eigenvalue weighted by Crippen LogP contribution is 2.24. The summed E-state index contributed by atoms with van der Waals surface area (Å²) in [5.74, 6) is 1.91. The van der Waals surface area contributed by atoms with E-state index in [0.29, 0.717) is 17.1 Å². The molecule has 7 nitrogen and oxygen atoms in total. The molecule has 0 saturated heterocycles. The maximum Gasteiger partial charge on any atom is 0.255 e. The standard InChI is InChI=1S/C21H19N5O2S/c1-13-14(2)28-20(24-13)17-4-3-5-18(10-17)25-19(27)16-8-6-15(7-9-16)11-29-21-22-12-23-26-21/h3-10,12H,11H2,1-2H3,(H,25,27)(H,22,23,26). The summed E-state index contributed by atoms with van der Waals surface area (Å²) in [4.78, 5) is 21.1. The average molecular weight is 405 g/mol. The Morgan fingerprint density at radius 1 is 1.17 bits per heavy atom. The predicted molar refractivity (Wildman–Crippen MR) is 112 cm³/mol. The topological polar surface area (TPSA) is 96.7 Å². The number of carbonyl (C=O) groups is 1.